The first kappa shape index (κ1) is 11.1. The molecule has 2 rings (SSSR count). The summed E-state index contributed by atoms with van der Waals surface area (Å²) in [6, 6.07) is 6.52. The highest BCUT2D eigenvalue weighted by molar-refractivity contribution is 5.77. The molecule has 0 aliphatic heterocycles. The third-order valence-electron chi connectivity index (χ3n) is 3.25. The largest absolute Gasteiger partial charge is 0.380 e. The van der Waals surface area contributed by atoms with Crippen molar-refractivity contribution in [3.63, 3.8) is 0 Å². The Kier molecular flexibility index (Phi) is 2.97. The monoisotopic (exact) mass is 218 g/mol. The van der Waals surface area contributed by atoms with Crippen LogP contribution < -0.4 is 0 Å². The van der Waals surface area contributed by atoms with Gasteiger partial charge in [-0.05, 0) is 39.0 Å². The van der Waals surface area contributed by atoms with Gasteiger partial charge in [-0.25, -0.2) is 4.98 Å². The smallest absolute Gasteiger partial charge is 0.140 e. The van der Waals surface area contributed by atoms with E-state index in [2.05, 4.69) is 42.5 Å². The summed E-state index contributed by atoms with van der Waals surface area (Å²) in [7, 11) is 1.75. The second-order valence-corrected chi connectivity index (χ2v) is 4.25. The topological polar surface area (TPSA) is 27.1 Å². The molecule has 16 heavy (non-hydrogen) atoms. The van der Waals surface area contributed by atoms with Crippen molar-refractivity contribution in [3.05, 3.63) is 30.1 Å². The van der Waals surface area contributed by atoms with E-state index in [1.807, 2.05) is 12.3 Å². The summed E-state index contributed by atoms with van der Waals surface area (Å²) in [6.45, 7) is 6.36. The molecule has 2 aromatic heterocycles. The van der Waals surface area contributed by atoms with E-state index in [0.717, 1.165) is 5.65 Å². The molecule has 0 radical (unpaired) electrons. The molecule has 0 aliphatic rings. The van der Waals surface area contributed by atoms with Gasteiger partial charge in [0.25, 0.3) is 0 Å². The molecule has 3 heteroatoms. The summed E-state index contributed by atoms with van der Waals surface area (Å²) in [5, 5.41) is 1.19. The lowest BCUT2D eigenvalue weighted by Crippen LogP contribution is -2.21. The molecule has 0 saturated heterocycles. The van der Waals surface area contributed by atoms with Crippen LogP contribution in [0.5, 0.6) is 0 Å². The van der Waals surface area contributed by atoms with Crippen molar-refractivity contribution in [2.45, 2.75) is 32.9 Å². The number of nitrogens with zero attached hydrogens (tertiary/aromatic N) is 2. The molecule has 0 N–H and O–H groups in total. The molecule has 0 spiro atoms. The average molecular weight is 218 g/mol. The Bertz CT molecular complexity index is 490. The highest BCUT2D eigenvalue weighted by Gasteiger charge is 2.17. The predicted octanol–water partition coefficient (Wildman–Crippen LogP) is 2.94. The van der Waals surface area contributed by atoms with Gasteiger partial charge in [-0.15, -0.1) is 0 Å². The average Bonchev–Trinajstić information content (AvgIpc) is 2.63. The van der Waals surface area contributed by atoms with Crippen molar-refractivity contribution in [2.75, 3.05) is 7.11 Å². The predicted molar refractivity (Wildman–Crippen MR) is 65.7 cm³/mol. The third-order valence-corrected chi connectivity index (χ3v) is 3.25. The van der Waals surface area contributed by atoms with E-state index in [4.69, 9.17) is 4.74 Å². The number of pyridine rings is 1. The first-order valence-electron chi connectivity index (χ1n) is 5.60. The minimum Gasteiger partial charge on any atom is -0.380 e. The molecular weight excluding hydrogens is 200 g/mol. The summed E-state index contributed by atoms with van der Waals surface area (Å²) >= 11 is 0. The van der Waals surface area contributed by atoms with E-state index in [1.54, 1.807) is 7.11 Å². The number of hydrogen-bond donors (Lipinski definition) is 0. The van der Waals surface area contributed by atoms with Gasteiger partial charge >= 0.3 is 0 Å². The minimum atomic E-state index is 0.177. The normalized spacial score (nSPS) is 15.2. The van der Waals surface area contributed by atoms with E-state index >= 15 is 0 Å². The maximum absolute atomic E-state index is 5.39. The molecule has 2 unspecified atom stereocenters. The number of ether oxygens (including phenoxy) is 1. The lowest BCUT2D eigenvalue weighted by molar-refractivity contribution is 0.0784. The molecule has 0 amide bonds. The van der Waals surface area contributed by atoms with Crippen molar-refractivity contribution < 1.29 is 4.74 Å². The van der Waals surface area contributed by atoms with Crippen molar-refractivity contribution >= 4 is 11.0 Å². The Morgan fingerprint density at radius 1 is 1.38 bits per heavy atom. The van der Waals surface area contributed by atoms with Crippen molar-refractivity contribution in [1.82, 2.24) is 9.55 Å². The van der Waals surface area contributed by atoms with Crippen LogP contribution in [0.25, 0.3) is 11.0 Å². The summed E-state index contributed by atoms with van der Waals surface area (Å²) in [5.41, 5.74) is 2.27. The molecule has 0 aromatic carbocycles. The quantitative estimate of drug-likeness (QED) is 0.792. The minimum absolute atomic E-state index is 0.177. The first-order chi connectivity index (χ1) is 7.65. The van der Waals surface area contributed by atoms with Gasteiger partial charge in [0.05, 0.1) is 12.1 Å². The highest BCUT2D eigenvalue weighted by Crippen LogP contribution is 2.24. The fourth-order valence-corrected chi connectivity index (χ4v) is 2.11. The maximum Gasteiger partial charge on any atom is 0.140 e. The van der Waals surface area contributed by atoms with Crippen LogP contribution in [0.4, 0.5) is 0 Å². The molecule has 2 aromatic rings. The molecule has 2 heterocycles. The standard InChI is InChI=1S/C13H18N2O/c1-9-8-12-6-5-7-14-13(12)15(9)10(2)11(3)16-4/h5-8,10-11H,1-4H3. The van der Waals surface area contributed by atoms with Gasteiger partial charge in [-0.2, -0.15) is 0 Å². The third kappa shape index (κ3) is 1.71. The molecule has 0 saturated carbocycles. The van der Waals surface area contributed by atoms with Crippen LogP contribution in [0, 0.1) is 6.92 Å². The van der Waals surface area contributed by atoms with Crippen LogP contribution in [0.15, 0.2) is 24.4 Å². The Hall–Kier alpha value is -1.35. The van der Waals surface area contributed by atoms with E-state index in [9.17, 15) is 0 Å². The zero-order chi connectivity index (χ0) is 11.7. The fourth-order valence-electron chi connectivity index (χ4n) is 2.11. The van der Waals surface area contributed by atoms with Crippen LogP contribution in [0.2, 0.25) is 0 Å². The van der Waals surface area contributed by atoms with Crippen molar-refractivity contribution in [2.24, 2.45) is 0 Å². The summed E-state index contributed by atoms with van der Waals surface area (Å²) in [6.07, 6.45) is 2.01. The summed E-state index contributed by atoms with van der Waals surface area (Å²) in [4.78, 5) is 4.45. The SMILES string of the molecule is COC(C)C(C)n1c(C)cc2cccnc21. The Labute approximate surface area is 96.1 Å². The van der Waals surface area contributed by atoms with Crippen LogP contribution in [0.1, 0.15) is 25.6 Å². The molecular formula is C13H18N2O. The highest BCUT2D eigenvalue weighted by atomic mass is 16.5. The fraction of sp³-hybridized carbons (Fsp3) is 0.462. The van der Waals surface area contributed by atoms with Gasteiger partial charge in [-0.3, -0.25) is 0 Å². The van der Waals surface area contributed by atoms with E-state index in [1.165, 1.54) is 11.1 Å². The molecule has 0 aliphatic carbocycles. The van der Waals surface area contributed by atoms with Crippen LogP contribution in [-0.4, -0.2) is 22.8 Å². The van der Waals surface area contributed by atoms with Gasteiger partial charge in [0.1, 0.15) is 5.65 Å². The molecule has 86 valence electrons. The van der Waals surface area contributed by atoms with Crippen molar-refractivity contribution in [1.29, 1.82) is 0 Å². The first-order valence-corrected chi connectivity index (χ1v) is 5.60. The second kappa shape index (κ2) is 4.26. The zero-order valence-electron chi connectivity index (χ0n) is 10.3. The van der Waals surface area contributed by atoms with Gasteiger partial charge in [-0.1, -0.05) is 0 Å². The van der Waals surface area contributed by atoms with E-state index < -0.39 is 0 Å². The Morgan fingerprint density at radius 3 is 2.81 bits per heavy atom. The zero-order valence-corrected chi connectivity index (χ0v) is 10.3. The van der Waals surface area contributed by atoms with Crippen LogP contribution >= 0.6 is 0 Å². The summed E-state index contributed by atoms with van der Waals surface area (Å²) < 4.78 is 7.63. The van der Waals surface area contributed by atoms with Crippen molar-refractivity contribution in [3.8, 4) is 0 Å². The number of hydrogen-bond acceptors (Lipinski definition) is 2. The number of rotatable bonds is 3. The number of aryl methyl sites for hydroxylation is 1. The maximum atomic E-state index is 5.39. The number of aromatic nitrogens is 2. The molecule has 2 atom stereocenters. The Balaban J connectivity index is 2.54. The summed E-state index contributed by atoms with van der Waals surface area (Å²) in [5.74, 6) is 0. The van der Waals surface area contributed by atoms with Crippen LogP contribution in [-0.2, 0) is 4.74 Å². The molecule has 3 nitrogen and oxygen atoms in total. The lowest BCUT2D eigenvalue weighted by Gasteiger charge is -2.22. The molecule has 0 fully saturated rings. The lowest BCUT2D eigenvalue weighted by atomic mass is 10.2. The van der Waals surface area contributed by atoms with E-state index in [-0.39, 0.29) is 12.1 Å². The number of methoxy groups -OCH3 is 1. The molecule has 0 bridgehead atoms. The van der Waals surface area contributed by atoms with Crippen LogP contribution in [0.3, 0.4) is 0 Å². The van der Waals surface area contributed by atoms with Gasteiger partial charge in [0.2, 0.25) is 0 Å². The Morgan fingerprint density at radius 2 is 2.12 bits per heavy atom. The van der Waals surface area contributed by atoms with Gasteiger partial charge in [0.15, 0.2) is 0 Å². The number of fused-ring (bicyclic) bond motifs is 1. The van der Waals surface area contributed by atoms with Gasteiger partial charge in [0, 0.05) is 24.4 Å². The second-order valence-electron chi connectivity index (χ2n) is 4.25. The van der Waals surface area contributed by atoms with Gasteiger partial charge < -0.3 is 9.30 Å². The van der Waals surface area contributed by atoms with E-state index in [0.29, 0.717) is 0 Å².